The van der Waals surface area contributed by atoms with E-state index < -0.39 is 10.8 Å². The summed E-state index contributed by atoms with van der Waals surface area (Å²) in [6.07, 6.45) is 2.07. The summed E-state index contributed by atoms with van der Waals surface area (Å²) in [5, 5.41) is 3.51. The Labute approximate surface area is 95.4 Å². The molecular weight excluding hydrogens is 210 g/mol. The van der Waals surface area contributed by atoms with Crippen molar-refractivity contribution in [3.63, 3.8) is 0 Å². The van der Waals surface area contributed by atoms with Crippen molar-refractivity contribution in [2.24, 2.45) is 0 Å². The van der Waals surface area contributed by atoms with Gasteiger partial charge in [0.2, 0.25) is 0 Å². The highest BCUT2D eigenvalue weighted by Crippen LogP contribution is 2.12. The smallest absolute Gasteiger partial charge is 0.0750 e. The number of nitrogens with one attached hydrogen (secondary N) is 1. The van der Waals surface area contributed by atoms with Crippen LogP contribution >= 0.6 is 0 Å². The van der Waals surface area contributed by atoms with Crippen molar-refractivity contribution in [3.8, 4) is 0 Å². The van der Waals surface area contributed by atoms with E-state index >= 15 is 0 Å². The molecule has 0 spiro atoms. The monoisotopic (exact) mass is 233 g/mol. The predicted octanol–water partition coefficient (Wildman–Crippen LogP) is 1.30. The topological polar surface area (TPSA) is 38.3 Å². The minimum absolute atomic E-state index is 0.0919. The summed E-state index contributed by atoms with van der Waals surface area (Å²) in [7, 11) is -0.560. The quantitative estimate of drug-likeness (QED) is 0.778. The molecule has 0 amide bonds. The first-order chi connectivity index (χ1) is 7.03. The van der Waals surface area contributed by atoms with Crippen molar-refractivity contribution in [3.05, 3.63) is 0 Å². The lowest BCUT2D eigenvalue weighted by atomic mass is 10.1. The molecule has 1 saturated heterocycles. The molecule has 90 valence electrons. The predicted molar refractivity (Wildman–Crippen MR) is 64.6 cm³/mol. The van der Waals surface area contributed by atoms with Gasteiger partial charge in [-0.15, -0.1) is 0 Å². The van der Waals surface area contributed by atoms with Gasteiger partial charge < -0.3 is 10.1 Å². The van der Waals surface area contributed by atoms with E-state index in [0.29, 0.717) is 6.04 Å². The van der Waals surface area contributed by atoms with Crippen LogP contribution in [0.4, 0.5) is 0 Å². The summed E-state index contributed by atoms with van der Waals surface area (Å²) in [5.41, 5.74) is -0.0919. The Balaban J connectivity index is 2.22. The summed E-state index contributed by atoms with van der Waals surface area (Å²) in [6.45, 7) is 7.85. The Bertz CT molecular complexity index is 209. The third-order valence-corrected chi connectivity index (χ3v) is 4.12. The number of rotatable bonds is 5. The van der Waals surface area contributed by atoms with Crippen molar-refractivity contribution in [2.75, 3.05) is 24.7 Å². The maximum atomic E-state index is 11.2. The average molecular weight is 233 g/mol. The van der Waals surface area contributed by atoms with Crippen molar-refractivity contribution in [1.29, 1.82) is 0 Å². The first-order valence-electron chi connectivity index (χ1n) is 5.76. The fraction of sp³-hybridized carbons (Fsp3) is 1.00. The lowest BCUT2D eigenvalue weighted by Crippen LogP contribution is -2.44. The zero-order valence-electron chi connectivity index (χ0n) is 10.0. The van der Waals surface area contributed by atoms with E-state index in [0.717, 1.165) is 37.5 Å². The molecule has 1 heterocycles. The maximum absolute atomic E-state index is 11.2. The highest BCUT2D eigenvalue weighted by atomic mass is 32.2. The fourth-order valence-corrected chi connectivity index (χ4v) is 3.13. The van der Waals surface area contributed by atoms with Gasteiger partial charge in [-0.25, -0.2) is 0 Å². The largest absolute Gasteiger partial charge is 0.375 e. The van der Waals surface area contributed by atoms with Crippen LogP contribution in [0.3, 0.4) is 0 Å². The van der Waals surface area contributed by atoms with Crippen LogP contribution in [0.5, 0.6) is 0 Å². The van der Waals surface area contributed by atoms with Gasteiger partial charge in [0.25, 0.3) is 0 Å². The molecule has 1 aliphatic rings. The van der Waals surface area contributed by atoms with Crippen molar-refractivity contribution in [2.45, 2.75) is 45.3 Å². The molecule has 0 saturated carbocycles. The summed E-state index contributed by atoms with van der Waals surface area (Å²) in [5.74, 6) is 1.71. The van der Waals surface area contributed by atoms with Crippen molar-refractivity contribution in [1.82, 2.24) is 5.32 Å². The van der Waals surface area contributed by atoms with Gasteiger partial charge >= 0.3 is 0 Å². The highest BCUT2D eigenvalue weighted by Gasteiger charge is 2.22. The summed E-state index contributed by atoms with van der Waals surface area (Å²) < 4.78 is 16.8. The average Bonchev–Trinajstić information content (AvgIpc) is 2.17. The Morgan fingerprint density at radius 1 is 1.40 bits per heavy atom. The molecule has 0 aliphatic carbocycles. The summed E-state index contributed by atoms with van der Waals surface area (Å²) in [6, 6.07) is 0.530. The molecule has 1 fully saturated rings. The zero-order valence-corrected chi connectivity index (χ0v) is 10.9. The minimum Gasteiger partial charge on any atom is -0.375 e. The zero-order chi connectivity index (χ0) is 11.3. The molecule has 0 bridgehead atoms. The molecule has 0 aromatic heterocycles. The molecular formula is C11H23NO2S. The Morgan fingerprint density at radius 3 is 2.53 bits per heavy atom. The molecule has 1 N–H and O–H groups in total. The van der Waals surface area contributed by atoms with Gasteiger partial charge in [0.1, 0.15) is 0 Å². The van der Waals surface area contributed by atoms with E-state index in [1.807, 2.05) is 6.92 Å². The normalized spacial score (nSPS) is 27.9. The lowest BCUT2D eigenvalue weighted by Gasteiger charge is -2.29. The maximum Gasteiger partial charge on any atom is 0.0750 e. The summed E-state index contributed by atoms with van der Waals surface area (Å²) in [4.78, 5) is 0. The van der Waals surface area contributed by atoms with Gasteiger partial charge in [-0.3, -0.25) is 4.21 Å². The molecule has 1 aliphatic heterocycles. The second-order valence-electron chi connectivity index (χ2n) is 4.70. The second-order valence-corrected chi connectivity index (χ2v) is 6.39. The molecule has 3 nitrogen and oxygen atoms in total. The van der Waals surface area contributed by atoms with Crippen LogP contribution in [0.15, 0.2) is 0 Å². The molecule has 0 atom stereocenters. The van der Waals surface area contributed by atoms with Crippen LogP contribution in [0.2, 0.25) is 0 Å². The van der Waals surface area contributed by atoms with Crippen molar-refractivity contribution >= 4 is 10.8 Å². The molecule has 1 rings (SSSR count). The van der Waals surface area contributed by atoms with Gasteiger partial charge in [0, 0.05) is 41.5 Å². The second kappa shape index (κ2) is 5.97. The Hall–Kier alpha value is 0.0700. The van der Waals surface area contributed by atoms with E-state index in [1.54, 1.807) is 0 Å². The molecule has 0 aromatic carbocycles. The van der Waals surface area contributed by atoms with Gasteiger partial charge in [0.15, 0.2) is 0 Å². The molecule has 4 heteroatoms. The van der Waals surface area contributed by atoms with Crippen LogP contribution in [-0.2, 0) is 15.5 Å². The Kier molecular flexibility index (Phi) is 5.23. The molecule has 0 unspecified atom stereocenters. The van der Waals surface area contributed by atoms with Crippen LogP contribution in [-0.4, -0.2) is 40.5 Å². The van der Waals surface area contributed by atoms with E-state index in [9.17, 15) is 4.21 Å². The SMILES string of the molecule is CCOC(C)(C)CNC1CCS(=O)CC1. The van der Waals surface area contributed by atoms with E-state index in [1.165, 1.54) is 0 Å². The van der Waals surface area contributed by atoms with Crippen LogP contribution in [0, 0.1) is 0 Å². The van der Waals surface area contributed by atoms with E-state index in [4.69, 9.17) is 4.74 Å². The van der Waals surface area contributed by atoms with Crippen LogP contribution in [0.25, 0.3) is 0 Å². The molecule has 0 radical (unpaired) electrons. The first kappa shape index (κ1) is 13.1. The Morgan fingerprint density at radius 2 is 2.00 bits per heavy atom. The van der Waals surface area contributed by atoms with Crippen molar-refractivity contribution < 1.29 is 8.95 Å². The third kappa shape index (κ3) is 5.09. The van der Waals surface area contributed by atoms with Crippen LogP contribution < -0.4 is 5.32 Å². The first-order valence-corrected chi connectivity index (χ1v) is 7.24. The molecule has 15 heavy (non-hydrogen) atoms. The standard InChI is InChI=1S/C11H23NO2S/c1-4-14-11(2,3)9-12-10-5-7-15(13)8-6-10/h10,12H,4-9H2,1-3H3. The van der Waals surface area contributed by atoms with E-state index in [-0.39, 0.29) is 5.60 Å². The molecule has 0 aromatic rings. The van der Waals surface area contributed by atoms with Gasteiger partial charge in [0.05, 0.1) is 5.60 Å². The van der Waals surface area contributed by atoms with Gasteiger partial charge in [-0.05, 0) is 33.6 Å². The number of ether oxygens (including phenoxy) is 1. The lowest BCUT2D eigenvalue weighted by molar-refractivity contribution is -0.0107. The number of hydrogen-bond donors (Lipinski definition) is 1. The highest BCUT2D eigenvalue weighted by molar-refractivity contribution is 7.85. The minimum atomic E-state index is -0.560. The van der Waals surface area contributed by atoms with Gasteiger partial charge in [-0.1, -0.05) is 0 Å². The van der Waals surface area contributed by atoms with E-state index in [2.05, 4.69) is 19.2 Å². The number of hydrogen-bond acceptors (Lipinski definition) is 3. The third-order valence-electron chi connectivity index (χ3n) is 2.74. The van der Waals surface area contributed by atoms with Crippen LogP contribution in [0.1, 0.15) is 33.6 Å². The summed E-state index contributed by atoms with van der Waals surface area (Å²) >= 11 is 0. The fourth-order valence-electron chi connectivity index (χ4n) is 1.83. The van der Waals surface area contributed by atoms with Gasteiger partial charge in [-0.2, -0.15) is 0 Å².